The molecule has 5 nitrogen and oxygen atoms in total. The van der Waals surface area contributed by atoms with Gasteiger partial charge in [-0.2, -0.15) is 0 Å². The Labute approximate surface area is 171 Å². The summed E-state index contributed by atoms with van der Waals surface area (Å²) in [5.74, 6) is -0.854. The third-order valence-electron chi connectivity index (χ3n) is 3.87. The molecule has 146 valence electrons. The van der Waals surface area contributed by atoms with Crippen molar-refractivity contribution in [1.82, 2.24) is 4.98 Å². The molecule has 0 aliphatic rings. The summed E-state index contributed by atoms with van der Waals surface area (Å²) in [5, 5.41) is 4.31. The molecular formula is C19H16ClFN2O3S2. The predicted molar refractivity (Wildman–Crippen MR) is 109 cm³/mol. The lowest BCUT2D eigenvalue weighted by molar-refractivity contribution is 0.102. The molecule has 0 radical (unpaired) electrons. The third kappa shape index (κ3) is 4.95. The Bertz CT molecular complexity index is 1140. The van der Waals surface area contributed by atoms with Gasteiger partial charge in [-0.05, 0) is 48.9 Å². The number of nitrogens with one attached hydrogen (secondary N) is 1. The van der Waals surface area contributed by atoms with Gasteiger partial charge in [-0.25, -0.2) is 17.8 Å². The minimum atomic E-state index is -3.41. The topological polar surface area (TPSA) is 76.1 Å². The summed E-state index contributed by atoms with van der Waals surface area (Å²) < 4.78 is 36.8. The summed E-state index contributed by atoms with van der Waals surface area (Å²) in [6.07, 6.45) is 1.46. The van der Waals surface area contributed by atoms with Crippen LogP contribution in [0.25, 0.3) is 0 Å². The van der Waals surface area contributed by atoms with Crippen molar-refractivity contribution in [3.8, 4) is 0 Å². The first-order valence-corrected chi connectivity index (χ1v) is 11.2. The summed E-state index contributed by atoms with van der Waals surface area (Å²) in [5.41, 5.74) is 1.53. The Morgan fingerprint density at radius 1 is 1.25 bits per heavy atom. The molecule has 3 aromatic rings. The molecule has 1 N–H and O–H groups in total. The number of carbonyl (C=O) groups excluding carboxylic acids is 1. The molecule has 0 saturated heterocycles. The number of halogens is 2. The van der Waals surface area contributed by atoms with Gasteiger partial charge in [-0.1, -0.05) is 17.7 Å². The Hall–Kier alpha value is -2.29. The molecule has 1 amide bonds. The molecule has 0 fully saturated rings. The standard InChI is InChI=1S/C19H16ClFN2O3S2/c1-11-19(23-18(24)13-4-3-5-16(9-13)28(2,25)26)27-17(22-11)8-12-6-14(20)10-15(21)7-12/h3-7,9-10H,8H2,1-2H3,(H,23,24). The Morgan fingerprint density at radius 2 is 2.00 bits per heavy atom. The van der Waals surface area contributed by atoms with E-state index in [-0.39, 0.29) is 10.5 Å². The van der Waals surface area contributed by atoms with Crippen LogP contribution in [-0.4, -0.2) is 25.6 Å². The maximum absolute atomic E-state index is 13.5. The second-order valence-corrected chi connectivity index (χ2v) is 9.77. The average molecular weight is 439 g/mol. The molecule has 28 heavy (non-hydrogen) atoms. The predicted octanol–water partition coefficient (Wildman–Crippen LogP) is 4.49. The van der Waals surface area contributed by atoms with Crippen LogP contribution >= 0.6 is 22.9 Å². The molecule has 1 heterocycles. The van der Waals surface area contributed by atoms with Gasteiger partial charge in [0.1, 0.15) is 10.8 Å². The molecule has 2 aromatic carbocycles. The van der Waals surface area contributed by atoms with Gasteiger partial charge >= 0.3 is 0 Å². The highest BCUT2D eigenvalue weighted by atomic mass is 35.5. The van der Waals surface area contributed by atoms with Gasteiger partial charge in [0, 0.05) is 23.3 Å². The van der Waals surface area contributed by atoms with E-state index >= 15 is 0 Å². The van der Waals surface area contributed by atoms with Crippen LogP contribution in [0.15, 0.2) is 47.4 Å². The van der Waals surface area contributed by atoms with Crippen LogP contribution in [0.2, 0.25) is 5.02 Å². The number of benzene rings is 2. The van der Waals surface area contributed by atoms with Crippen molar-refractivity contribution < 1.29 is 17.6 Å². The van der Waals surface area contributed by atoms with E-state index in [2.05, 4.69) is 10.3 Å². The van der Waals surface area contributed by atoms with Gasteiger partial charge < -0.3 is 5.32 Å². The number of hydrogen-bond acceptors (Lipinski definition) is 5. The number of amides is 1. The van der Waals surface area contributed by atoms with E-state index in [0.29, 0.717) is 32.7 Å². The first-order chi connectivity index (χ1) is 13.1. The van der Waals surface area contributed by atoms with Crippen molar-refractivity contribution in [2.45, 2.75) is 18.2 Å². The van der Waals surface area contributed by atoms with Gasteiger partial charge in [0.25, 0.3) is 5.91 Å². The number of thiazole rings is 1. The largest absolute Gasteiger partial charge is 0.312 e. The minimum absolute atomic E-state index is 0.0739. The summed E-state index contributed by atoms with van der Waals surface area (Å²) in [6, 6.07) is 10.1. The van der Waals surface area contributed by atoms with Gasteiger partial charge in [0.05, 0.1) is 15.6 Å². The second-order valence-electron chi connectivity index (χ2n) is 6.23. The lowest BCUT2D eigenvalue weighted by atomic mass is 10.1. The van der Waals surface area contributed by atoms with Crippen molar-refractivity contribution in [2.24, 2.45) is 0 Å². The number of anilines is 1. The monoisotopic (exact) mass is 438 g/mol. The fraction of sp³-hybridized carbons (Fsp3) is 0.158. The third-order valence-corrected chi connectivity index (χ3v) is 6.27. The molecule has 0 aliphatic heterocycles. The maximum Gasteiger partial charge on any atom is 0.256 e. The number of aromatic nitrogens is 1. The molecule has 0 aliphatic carbocycles. The normalized spacial score (nSPS) is 11.4. The van der Waals surface area contributed by atoms with Gasteiger partial charge in [-0.15, -0.1) is 11.3 Å². The van der Waals surface area contributed by atoms with E-state index in [4.69, 9.17) is 11.6 Å². The summed E-state index contributed by atoms with van der Waals surface area (Å²) in [4.78, 5) is 17.0. The van der Waals surface area contributed by atoms with Crippen molar-refractivity contribution >= 4 is 43.7 Å². The van der Waals surface area contributed by atoms with E-state index < -0.39 is 21.6 Å². The first kappa shape index (κ1) is 20.4. The van der Waals surface area contributed by atoms with Crippen LogP contribution in [0.5, 0.6) is 0 Å². The van der Waals surface area contributed by atoms with E-state index in [0.717, 1.165) is 6.26 Å². The number of rotatable bonds is 5. The zero-order valence-corrected chi connectivity index (χ0v) is 17.4. The van der Waals surface area contributed by atoms with E-state index in [1.807, 2.05) is 0 Å². The van der Waals surface area contributed by atoms with Crippen LogP contribution in [0.3, 0.4) is 0 Å². The summed E-state index contributed by atoms with van der Waals surface area (Å²) in [7, 11) is -3.41. The van der Waals surface area contributed by atoms with Crippen LogP contribution in [0.4, 0.5) is 9.39 Å². The molecule has 0 atom stereocenters. The average Bonchev–Trinajstić information content (AvgIpc) is 2.92. The quantitative estimate of drug-likeness (QED) is 0.636. The van der Waals surface area contributed by atoms with Crippen LogP contribution in [0.1, 0.15) is 26.6 Å². The zero-order valence-electron chi connectivity index (χ0n) is 15.0. The summed E-state index contributed by atoms with van der Waals surface area (Å²) >= 11 is 7.15. The van der Waals surface area contributed by atoms with Crippen molar-refractivity contribution in [3.05, 3.63) is 75.1 Å². The number of carbonyl (C=O) groups is 1. The molecule has 0 spiro atoms. The molecule has 0 unspecified atom stereocenters. The molecule has 0 bridgehead atoms. The fourth-order valence-corrected chi connectivity index (χ4v) is 4.48. The highest BCUT2D eigenvalue weighted by Gasteiger charge is 2.15. The maximum atomic E-state index is 13.5. The molecule has 1 aromatic heterocycles. The molecular weight excluding hydrogens is 423 g/mol. The number of hydrogen-bond donors (Lipinski definition) is 1. The van der Waals surface area contributed by atoms with Crippen LogP contribution in [0, 0.1) is 12.7 Å². The highest BCUT2D eigenvalue weighted by molar-refractivity contribution is 7.90. The van der Waals surface area contributed by atoms with E-state index in [1.54, 1.807) is 13.0 Å². The van der Waals surface area contributed by atoms with Crippen molar-refractivity contribution in [2.75, 3.05) is 11.6 Å². The number of nitrogens with zero attached hydrogens (tertiary/aromatic N) is 1. The number of sulfone groups is 1. The first-order valence-electron chi connectivity index (χ1n) is 8.14. The van der Waals surface area contributed by atoms with Gasteiger partial charge in [0.15, 0.2) is 9.84 Å². The summed E-state index contributed by atoms with van der Waals surface area (Å²) in [6.45, 7) is 1.75. The lowest BCUT2D eigenvalue weighted by Gasteiger charge is -2.05. The Balaban J connectivity index is 1.79. The number of aryl methyl sites for hydroxylation is 1. The Kier molecular flexibility index (Phi) is 5.83. The van der Waals surface area contributed by atoms with Crippen molar-refractivity contribution in [1.29, 1.82) is 0 Å². The SMILES string of the molecule is Cc1nc(Cc2cc(F)cc(Cl)c2)sc1NC(=O)c1cccc(S(C)(=O)=O)c1. The smallest absolute Gasteiger partial charge is 0.256 e. The van der Waals surface area contributed by atoms with Crippen LogP contribution in [-0.2, 0) is 16.3 Å². The van der Waals surface area contributed by atoms with Crippen LogP contribution < -0.4 is 5.32 Å². The minimum Gasteiger partial charge on any atom is -0.312 e. The fourth-order valence-electron chi connectivity index (χ4n) is 2.57. The lowest BCUT2D eigenvalue weighted by Crippen LogP contribution is -2.12. The molecule has 3 rings (SSSR count). The second kappa shape index (κ2) is 7.98. The highest BCUT2D eigenvalue weighted by Crippen LogP contribution is 2.27. The Morgan fingerprint density at radius 3 is 2.68 bits per heavy atom. The molecule has 9 heteroatoms. The zero-order chi connectivity index (χ0) is 20.5. The molecule has 0 saturated carbocycles. The van der Waals surface area contributed by atoms with E-state index in [1.165, 1.54) is 47.7 Å². The van der Waals surface area contributed by atoms with Gasteiger partial charge in [0.2, 0.25) is 0 Å². The van der Waals surface area contributed by atoms with Gasteiger partial charge in [-0.3, -0.25) is 4.79 Å². The van der Waals surface area contributed by atoms with E-state index in [9.17, 15) is 17.6 Å². The van der Waals surface area contributed by atoms with Crippen molar-refractivity contribution in [3.63, 3.8) is 0 Å².